The molecular weight excluding hydrogens is 504 g/mol. The molecule has 0 aliphatic heterocycles. The summed E-state index contributed by atoms with van der Waals surface area (Å²) in [6.07, 6.45) is 1.48. The van der Waals surface area contributed by atoms with Gasteiger partial charge in [0.25, 0.3) is 11.5 Å². The van der Waals surface area contributed by atoms with Crippen LogP contribution in [0.4, 0.5) is 11.5 Å². The first-order valence-electron chi connectivity index (χ1n) is 12.5. The number of aromatic amines is 1. The monoisotopic (exact) mass is 528 g/mol. The molecule has 40 heavy (non-hydrogen) atoms. The summed E-state index contributed by atoms with van der Waals surface area (Å²) < 4.78 is 6.69. The number of carbonyl (C=O) groups excluding carboxylic acids is 1. The van der Waals surface area contributed by atoms with E-state index in [2.05, 4.69) is 15.3 Å². The number of anilines is 2. The van der Waals surface area contributed by atoms with Crippen LogP contribution in [0.2, 0.25) is 0 Å². The molecule has 6 aromatic rings. The fourth-order valence-electron chi connectivity index (χ4n) is 4.71. The molecule has 0 saturated heterocycles. The number of benzene rings is 3. The third-order valence-electron chi connectivity index (χ3n) is 6.57. The van der Waals surface area contributed by atoms with Gasteiger partial charge in [-0.2, -0.15) is 9.61 Å². The van der Waals surface area contributed by atoms with Crippen molar-refractivity contribution in [2.24, 2.45) is 5.73 Å². The van der Waals surface area contributed by atoms with Crippen LogP contribution in [0, 0.1) is 0 Å². The van der Waals surface area contributed by atoms with Gasteiger partial charge in [0.15, 0.2) is 5.69 Å². The molecule has 0 fully saturated rings. The lowest BCUT2D eigenvalue weighted by Gasteiger charge is -2.15. The maximum atomic E-state index is 14.2. The van der Waals surface area contributed by atoms with Crippen LogP contribution in [0.1, 0.15) is 10.5 Å². The lowest BCUT2D eigenvalue weighted by atomic mass is 10.0. The van der Waals surface area contributed by atoms with E-state index in [1.54, 1.807) is 43.5 Å². The fraction of sp³-hybridized carbons (Fsp3) is 0.0323. The van der Waals surface area contributed by atoms with Gasteiger partial charge in [-0.15, -0.1) is 0 Å². The zero-order valence-electron chi connectivity index (χ0n) is 21.5. The summed E-state index contributed by atoms with van der Waals surface area (Å²) in [5.41, 5.74) is 10.2. The van der Waals surface area contributed by atoms with Crippen molar-refractivity contribution in [3.05, 3.63) is 119 Å². The molecular formula is C31H24N6O3. The number of primary amides is 1. The van der Waals surface area contributed by atoms with Gasteiger partial charge < -0.3 is 20.8 Å². The lowest BCUT2D eigenvalue weighted by Crippen LogP contribution is -2.21. The molecule has 1 amide bonds. The van der Waals surface area contributed by atoms with Crippen molar-refractivity contribution < 1.29 is 9.53 Å². The highest BCUT2D eigenvalue weighted by Gasteiger charge is 2.23. The Bertz CT molecular complexity index is 1900. The molecule has 0 bridgehead atoms. The number of methoxy groups -OCH3 is 1. The number of nitrogens with zero attached hydrogens (tertiary/aromatic N) is 3. The zero-order chi connectivity index (χ0) is 27.6. The Balaban J connectivity index is 1.68. The molecule has 3 aromatic heterocycles. The smallest absolute Gasteiger partial charge is 0.284 e. The largest absolute Gasteiger partial charge is 0.497 e. The maximum absolute atomic E-state index is 14.2. The number of rotatable bonds is 7. The summed E-state index contributed by atoms with van der Waals surface area (Å²) in [6.45, 7) is 0. The second-order valence-electron chi connectivity index (χ2n) is 9.01. The topological polar surface area (TPSA) is 127 Å². The first kappa shape index (κ1) is 24.6. The predicted octanol–water partition coefficient (Wildman–Crippen LogP) is 5.27. The molecule has 0 saturated carbocycles. The van der Waals surface area contributed by atoms with Crippen LogP contribution in [-0.4, -0.2) is 32.6 Å². The number of pyridine rings is 1. The highest BCUT2D eigenvalue weighted by Crippen LogP contribution is 2.36. The first-order valence-corrected chi connectivity index (χ1v) is 12.5. The number of amides is 1. The normalized spacial score (nSPS) is 10.9. The van der Waals surface area contributed by atoms with E-state index in [1.807, 2.05) is 60.7 Å². The zero-order valence-corrected chi connectivity index (χ0v) is 21.5. The number of carbonyl (C=O) groups is 1. The van der Waals surface area contributed by atoms with E-state index in [-0.39, 0.29) is 11.3 Å². The summed E-state index contributed by atoms with van der Waals surface area (Å²) >= 11 is 0. The third-order valence-corrected chi connectivity index (χ3v) is 6.57. The maximum Gasteiger partial charge on any atom is 0.284 e. The highest BCUT2D eigenvalue weighted by atomic mass is 16.5. The van der Waals surface area contributed by atoms with Crippen LogP contribution < -0.4 is 21.3 Å². The summed E-state index contributed by atoms with van der Waals surface area (Å²) in [6, 6.07) is 29.9. The predicted molar refractivity (Wildman–Crippen MR) is 155 cm³/mol. The van der Waals surface area contributed by atoms with E-state index in [0.29, 0.717) is 39.7 Å². The molecule has 9 nitrogen and oxygen atoms in total. The number of H-pyrrole nitrogens is 1. The minimum Gasteiger partial charge on any atom is -0.497 e. The van der Waals surface area contributed by atoms with E-state index < -0.39 is 5.91 Å². The summed E-state index contributed by atoms with van der Waals surface area (Å²) in [4.78, 5) is 33.9. The third kappa shape index (κ3) is 4.35. The van der Waals surface area contributed by atoms with Gasteiger partial charge in [0.2, 0.25) is 0 Å². The average molecular weight is 529 g/mol. The summed E-state index contributed by atoms with van der Waals surface area (Å²) in [5, 5.41) is 8.03. The van der Waals surface area contributed by atoms with Crippen LogP contribution in [-0.2, 0) is 0 Å². The molecule has 0 aliphatic carbocycles. The van der Waals surface area contributed by atoms with E-state index in [4.69, 9.17) is 15.6 Å². The van der Waals surface area contributed by atoms with Crippen molar-refractivity contribution in [1.29, 1.82) is 0 Å². The summed E-state index contributed by atoms with van der Waals surface area (Å²) in [7, 11) is 1.58. The molecule has 4 N–H and O–H groups in total. The number of nitrogens with one attached hydrogen (secondary N) is 2. The molecule has 0 aliphatic rings. The van der Waals surface area contributed by atoms with Gasteiger partial charge in [-0.05, 0) is 35.4 Å². The molecule has 0 radical (unpaired) electrons. The molecule has 6 rings (SSSR count). The Kier molecular flexibility index (Phi) is 6.29. The minimum atomic E-state index is -0.696. The highest BCUT2D eigenvalue weighted by molar-refractivity contribution is 5.98. The van der Waals surface area contributed by atoms with Crippen molar-refractivity contribution in [1.82, 2.24) is 19.6 Å². The fourth-order valence-corrected chi connectivity index (χ4v) is 4.71. The quantitative estimate of drug-likeness (QED) is 0.259. The number of fused-ring (bicyclic) bond motifs is 1. The van der Waals surface area contributed by atoms with E-state index in [9.17, 15) is 9.59 Å². The molecule has 0 unspecified atom stereocenters. The molecule has 0 atom stereocenters. The number of hydrogen-bond acceptors (Lipinski definition) is 6. The van der Waals surface area contributed by atoms with Crippen molar-refractivity contribution in [2.75, 3.05) is 12.4 Å². The number of hydrogen-bond donors (Lipinski definition) is 3. The Morgan fingerprint density at radius 1 is 0.850 bits per heavy atom. The van der Waals surface area contributed by atoms with Crippen LogP contribution in [0.15, 0.2) is 108 Å². The first-order chi connectivity index (χ1) is 19.5. The minimum absolute atomic E-state index is 0.0469. The van der Waals surface area contributed by atoms with Crippen molar-refractivity contribution >= 4 is 23.1 Å². The number of ether oxygens (including phenoxy) is 1. The van der Waals surface area contributed by atoms with Crippen LogP contribution in [0.25, 0.3) is 39.2 Å². The van der Waals surface area contributed by atoms with E-state index in [1.165, 1.54) is 10.7 Å². The van der Waals surface area contributed by atoms with Gasteiger partial charge in [-0.25, -0.2) is 4.98 Å². The average Bonchev–Trinajstić information content (AvgIpc) is 3.38. The second kappa shape index (κ2) is 10.2. The van der Waals surface area contributed by atoms with Crippen LogP contribution in [0.5, 0.6) is 5.75 Å². The van der Waals surface area contributed by atoms with Gasteiger partial charge in [0.05, 0.1) is 23.9 Å². The second-order valence-corrected chi connectivity index (χ2v) is 9.01. The van der Waals surface area contributed by atoms with Gasteiger partial charge in [0, 0.05) is 11.8 Å². The van der Waals surface area contributed by atoms with Gasteiger partial charge in [-0.1, -0.05) is 72.8 Å². The molecule has 0 spiro atoms. The van der Waals surface area contributed by atoms with Crippen molar-refractivity contribution in [3.63, 3.8) is 0 Å². The van der Waals surface area contributed by atoms with Crippen molar-refractivity contribution in [3.8, 4) is 39.3 Å². The molecule has 3 aromatic carbocycles. The lowest BCUT2D eigenvalue weighted by molar-refractivity contribution is 0.0996. The molecule has 196 valence electrons. The van der Waals surface area contributed by atoms with Crippen LogP contribution in [0.3, 0.4) is 0 Å². The van der Waals surface area contributed by atoms with Gasteiger partial charge in [-0.3, -0.25) is 9.59 Å². The van der Waals surface area contributed by atoms with Gasteiger partial charge >= 0.3 is 0 Å². The standard InChI is InChI=1S/C31H24N6O3/c1-40-22-16-14-20(15-17-22)25-29(34-23-13-8-18-33-27(23)28(32)38)35-30-24(19-9-4-2-5-10-19)26(36-37(30)31(25)39)21-11-6-3-7-12-21/h2-18,34-35H,1H3,(H2,32,38). The van der Waals surface area contributed by atoms with Crippen LogP contribution >= 0.6 is 0 Å². The number of aromatic nitrogens is 4. The SMILES string of the molecule is COc1ccc(-c2c(Nc3cccnc3C(N)=O)[nH]c3c(-c4ccccc4)c(-c4ccccc4)nn3c2=O)cc1. The van der Waals surface area contributed by atoms with Gasteiger partial charge in [0.1, 0.15) is 22.9 Å². The number of nitrogens with two attached hydrogens (primary N) is 1. The Morgan fingerprint density at radius 3 is 2.15 bits per heavy atom. The van der Waals surface area contributed by atoms with Crippen molar-refractivity contribution in [2.45, 2.75) is 0 Å². The molecule has 3 heterocycles. The molecule has 9 heteroatoms. The Morgan fingerprint density at radius 2 is 1.50 bits per heavy atom. The summed E-state index contributed by atoms with van der Waals surface area (Å²) in [5.74, 6) is 0.309. The van der Waals surface area contributed by atoms with E-state index in [0.717, 1.165) is 16.7 Å². The van der Waals surface area contributed by atoms with E-state index >= 15 is 0 Å². The Hall–Kier alpha value is -5.70. The Labute approximate surface area is 228 Å².